The molecule has 168 valence electrons. The van der Waals surface area contributed by atoms with Crippen molar-refractivity contribution in [1.29, 1.82) is 0 Å². The van der Waals surface area contributed by atoms with Gasteiger partial charge in [0.15, 0.2) is 0 Å². The standard InChI is InChI=1S/C24H30Cl2N2O3/c1-3-4-14-27-24(30)18(2)28(17-19-12-13-21(25)22(26)16-19)23(29)11-8-15-31-20-9-6-5-7-10-20/h5-7,9-10,12-13,16,18H,3-4,8,11,14-15,17H2,1-2H3,(H,27,30)/t18-/m0/s1. The number of halogens is 2. The van der Waals surface area contributed by atoms with E-state index in [1.165, 1.54) is 0 Å². The van der Waals surface area contributed by atoms with Crippen LogP contribution < -0.4 is 10.1 Å². The molecule has 2 aromatic carbocycles. The fourth-order valence-electron chi connectivity index (χ4n) is 3.03. The van der Waals surface area contributed by atoms with Crippen LogP contribution in [-0.2, 0) is 16.1 Å². The zero-order chi connectivity index (χ0) is 22.6. The second-order valence-electron chi connectivity index (χ2n) is 7.36. The third kappa shape index (κ3) is 8.42. The van der Waals surface area contributed by atoms with Crippen molar-refractivity contribution < 1.29 is 14.3 Å². The Bertz CT molecular complexity index is 846. The van der Waals surface area contributed by atoms with Gasteiger partial charge in [-0.25, -0.2) is 0 Å². The molecular formula is C24H30Cl2N2O3. The maximum absolute atomic E-state index is 13.0. The van der Waals surface area contributed by atoms with Crippen LogP contribution in [0.25, 0.3) is 0 Å². The van der Waals surface area contributed by atoms with E-state index >= 15 is 0 Å². The van der Waals surface area contributed by atoms with Gasteiger partial charge < -0.3 is 15.0 Å². The van der Waals surface area contributed by atoms with Crippen LogP contribution in [0.5, 0.6) is 5.75 Å². The van der Waals surface area contributed by atoms with Gasteiger partial charge in [0.25, 0.3) is 0 Å². The maximum atomic E-state index is 13.0. The number of rotatable bonds is 12. The van der Waals surface area contributed by atoms with E-state index in [2.05, 4.69) is 12.2 Å². The summed E-state index contributed by atoms with van der Waals surface area (Å²) in [5.74, 6) is 0.495. The summed E-state index contributed by atoms with van der Waals surface area (Å²) in [4.78, 5) is 27.2. The highest BCUT2D eigenvalue weighted by atomic mass is 35.5. The zero-order valence-electron chi connectivity index (χ0n) is 18.1. The van der Waals surface area contributed by atoms with Crippen LogP contribution in [0.2, 0.25) is 10.0 Å². The first kappa shape index (κ1) is 25.0. The Morgan fingerprint density at radius 3 is 2.48 bits per heavy atom. The molecule has 2 amide bonds. The van der Waals surface area contributed by atoms with E-state index in [0.717, 1.165) is 24.2 Å². The second kappa shape index (κ2) is 13.2. The first-order chi connectivity index (χ1) is 14.9. The topological polar surface area (TPSA) is 58.6 Å². The quantitative estimate of drug-likeness (QED) is 0.422. The number of ether oxygens (including phenoxy) is 1. The molecule has 0 fully saturated rings. The molecule has 0 saturated carbocycles. The van der Waals surface area contributed by atoms with E-state index in [0.29, 0.717) is 29.6 Å². The maximum Gasteiger partial charge on any atom is 0.242 e. The van der Waals surface area contributed by atoms with E-state index in [4.69, 9.17) is 27.9 Å². The molecule has 2 aromatic rings. The number of amides is 2. The highest BCUT2D eigenvalue weighted by Gasteiger charge is 2.25. The van der Waals surface area contributed by atoms with E-state index in [9.17, 15) is 9.59 Å². The normalized spacial score (nSPS) is 11.6. The van der Waals surface area contributed by atoms with Gasteiger partial charge in [0.2, 0.25) is 11.8 Å². The number of para-hydroxylation sites is 1. The summed E-state index contributed by atoms with van der Waals surface area (Å²) < 4.78 is 5.67. The molecule has 0 heterocycles. The molecular weight excluding hydrogens is 435 g/mol. The highest BCUT2D eigenvalue weighted by Crippen LogP contribution is 2.24. The number of nitrogens with zero attached hydrogens (tertiary/aromatic N) is 1. The minimum atomic E-state index is -0.603. The van der Waals surface area contributed by atoms with Gasteiger partial charge in [0.1, 0.15) is 11.8 Å². The van der Waals surface area contributed by atoms with Crippen molar-refractivity contribution in [1.82, 2.24) is 10.2 Å². The minimum absolute atomic E-state index is 0.110. The predicted octanol–water partition coefficient (Wildman–Crippen LogP) is 5.49. The highest BCUT2D eigenvalue weighted by molar-refractivity contribution is 6.42. The summed E-state index contributed by atoms with van der Waals surface area (Å²) in [6.45, 7) is 5.11. The van der Waals surface area contributed by atoms with Crippen LogP contribution in [0.1, 0.15) is 45.1 Å². The van der Waals surface area contributed by atoms with Crippen LogP contribution in [0, 0.1) is 0 Å². The number of benzene rings is 2. The molecule has 1 N–H and O–H groups in total. The van der Waals surface area contributed by atoms with Crippen LogP contribution in [0.3, 0.4) is 0 Å². The van der Waals surface area contributed by atoms with Gasteiger partial charge >= 0.3 is 0 Å². The number of unbranched alkanes of at least 4 members (excludes halogenated alkanes) is 1. The SMILES string of the molecule is CCCCNC(=O)[C@H](C)N(Cc1ccc(Cl)c(Cl)c1)C(=O)CCCOc1ccccc1. The summed E-state index contributed by atoms with van der Waals surface area (Å²) in [6, 6.07) is 14.1. The molecule has 0 bridgehead atoms. The van der Waals surface area contributed by atoms with Crippen molar-refractivity contribution in [3.63, 3.8) is 0 Å². The molecule has 0 radical (unpaired) electrons. The van der Waals surface area contributed by atoms with Crippen LogP contribution >= 0.6 is 23.2 Å². The van der Waals surface area contributed by atoms with Gasteiger partial charge in [0.05, 0.1) is 16.7 Å². The lowest BCUT2D eigenvalue weighted by Gasteiger charge is -2.29. The molecule has 0 aliphatic carbocycles. The van der Waals surface area contributed by atoms with Crippen LogP contribution in [0.15, 0.2) is 48.5 Å². The zero-order valence-corrected chi connectivity index (χ0v) is 19.6. The molecule has 0 saturated heterocycles. The summed E-state index contributed by atoms with van der Waals surface area (Å²) in [5.41, 5.74) is 0.816. The Morgan fingerprint density at radius 1 is 1.06 bits per heavy atom. The first-order valence-corrected chi connectivity index (χ1v) is 11.4. The number of hydrogen-bond donors (Lipinski definition) is 1. The smallest absolute Gasteiger partial charge is 0.242 e. The Kier molecular flexibility index (Phi) is 10.7. The third-order valence-corrected chi connectivity index (χ3v) is 5.62. The van der Waals surface area contributed by atoms with Crippen molar-refractivity contribution >= 4 is 35.0 Å². The average molecular weight is 465 g/mol. The summed E-state index contributed by atoms with van der Waals surface area (Å²) in [6.07, 6.45) is 2.72. The number of nitrogens with one attached hydrogen (secondary N) is 1. The molecule has 0 aromatic heterocycles. The first-order valence-electron chi connectivity index (χ1n) is 10.6. The minimum Gasteiger partial charge on any atom is -0.494 e. The van der Waals surface area contributed by atoms with Crippen molar-refractivity contribution in [2.24, 2.45) is 0 Å². The van der Waals surface area contributed by atoms with Crippen molar-refractivity contribution in [3.05, 3.63) is 64.1 Å². The Morgan fingerprint density at radius 2 is 1.81 bits per heavy atom. The lowest BCUT2D eigenvalue weighted by atomic mass is 10.1. The monoisotopic (exact) mass is 464 g/mol. The fourth-order valence-corrected chi connectivity index (χ4v) is 3.35. The molecule has 5 nitrogen and oxygen atoms in total. The summed E-state index contributed by atoms with van der Waals surface area (Å²) >= 11 is 12.1. The van der Waals surface area contributed by atoms with E-state index in [1.54, 1.807) is 24.0 Å². The number of carbonyl (C=O) groups is 2. The molecule has 2 rings (SSSR count). The molecule has 31 heavy (non-hydrogen) atoms. The molecule has 0 unspecified atom stereocenters. The van der Waals surface area contributed by atoms with Gasteiger partial charge in [-0.2, -0.15) is 0 Å². The van der Waals surface area contributed by atoms with Gasteiger partial charge in [-0.15, -0.1) is 0 Å². The van der Waals surface area contributed by atoms with Gasteiger partial charge in [0, 0.05) is 19.5 Å². The number of hydrogen-bond acceptors (Lipinski definition) is 3. The van der Waals surface area contributed by atoms with E-state index < -0.39 is 6.04 Å². The average Bonchev–Trinajstić information content (AvgIpc) is 2.77. The van der Waals surface area contributed by atoms with Gasteiger partial charge in [-0.05, 0) is 49.6 Å². The molecule has 1 atom stereocenters. The van der Waals surface area contributed by atoms with Gasteiger partial charge in [-0.1, -0.05) is 60.8 Å². The van der Waals surface area contributed by atoms with E-state index in [1.807, 2.05) is 36.4 Å². The Labute approximate surface area is 194 Å². The largest absolute Gasteiger partial charge is 0.494 e. The van der Waals surface area contributed by atoms with Crippen LogP contribution in [-0.4, -0.2) is 35.9 Å². The lowest BCUT2D eigenvalue weighted by molar-refractivity contribution is -0.140. The summed E-state index contributed by atoms with van der Waals surface area (Å²) in [5, 5.41) is 3.78. The lowest BCUT2D eigenvalue weighted by Crippen LogP contribution is -2.47. The fraction of sp³-hybridized carbons (Fsp3) is 0.417. The molecule has 0 spiro atoms. The van der Waals surface area contributed by atoms with Crippen LogP contribution in [0.4, 0.5) is 0 Å². The molecule has 7 heteroatoms. The van der Waals surface area contributed by atoms with E-state index in [-0.39, 0.29) is 24.8 Å². The third-order valence-electron chi connectivity index (χ3n) is 4.88. The van der Waals surface area contributed by atoms with Crippen molar-refractivity contribution in [3.8, 4) is 5.75 Å². The molecule has 0 aliphatic rings. The van der Waals surface area contributed by atoms with Gasteiger partial charge in [-0.3, -0.25) is 9.59 Å². The van der Waals surface area contributed by atoms with Crippen molar-refractivity contribution in [2.75, 3.05) is 13.2 Å². The second-order valence-corrected chi connectivity index (χ2v) is 8.17. The Balaban J connectivity index is 2.01. The van der Waals surface area contributed by atoms with Crippen molar-refractivity contribution in [2.45, 2.75) is 52.1 Å². The molecule has 0 aliphatic heterocycles. The Hall–Kier alpha value is -2.24. The summed E-state index contributed by atoms with van der Waals surface area (Å²) in [7, 11) is 0. The predicted molar refractivity (Wildman–Crippen MR) is 126 cm³/mol. The number of carbonyl (C=O) groups excluding carboxylic acids is 2.